The fraction of sp³-hybridized carbons (Fsp3) is 0.462. The van der Waals surface area contributed by atoms with Gasteiger partial charge in [-0.15, -0.1) is 21.5 Å². The molecule has 0 spiro atoms. The van der Waals surface area contributed by atoms with Gasteiger partial charge in [-0.3, -0.25) is 4.79 Å². The lowest BCUT2D eigenvalue weighted by Gasteiger charge is -2.20. The molecule has 196 valence electrons. The second-order valence-corrected chi connectivity index (χ2v) is 11.7. The highest BCUT2D eigenvalue weighted by atomic mass is 35.5. The molecule has 0 saturated carbocycles. The molecule has 3 aromatic rings. The number of halogens is 2. The average molecular weight is 579 g/mol. The van der Waals surface area contributed by atoms with E-state index in [1.807, 2.05) is 11.5 Å². The third kappa shape index (κ3) is 6.80. The van der Waals surface area contributed by atoms with Crippen molar-refractivity contribution in [1.29, 1.82) is 5.26 Å². The largest absolute Gasteiger partial charge is 0.492 e. The molecular weight excluding hydrogens is 549 g/mol. The maximum atomic E-state index is 12.8. The van der Waals surface area contributed by atoms with E-state index < -0.39 is 0 Å². The van der Waals surface area contributed by atoms with Gasteiger partial charge in [0.05, 0.1) is 22.9 Å². The van der Waals surface area contributed by atoms with E-state index in [0.717, 1.165) is 43.5 Å². The SMILES string of the molecule is CCC1CCc2c(sc(NC(=O)CSc3nnc(CCCOc4ccc(Cl)cc4Cl)n3CC)c2C#N)C1. The van der Waals surface area contributed by atoms with Gasteiger partial charge in [0.2, 0.25) is 5.91 Å². The molecule has 1 N–H and O–H groups in total. The van der Waals surface area contributed by atoms with Crippen molar-refractivity contribution in [2.24, 2.45) is 5.92 Å². The number of rotatable bonds is 11. The van der Waals surface area contributed by atoms with Gasteiger partial charge < -0.3 is 14.6 Å². The number of anilines is 1. The third-order valence-corrected chi connectivity index (χ3v) is 9.11. The zero-order chi connectivity index (χ0) is 26.4. The highest BCUT2D eigenvalue weighted by Gasteiger charge is 2.26. The topological polar surface area (TPSA) is 92.8 Å². The van der Waals surface area contributed by atoms with E-state index in [-0.39, 0.29) is 11.7 Å². The predicted octanol–water partition coefficient (Wildman–Crippen LogP) is 6.80. The minimum Gasteiger partial charge on any atom is -0.492 e. The van der Waals surface area contributed by atoms with Crippen LogP contribution in [0.2, 0.25) is 10.0 Å². The number of thiophene rings is 1. The summed E-state index contributed by atoms with van der Waals surface area (Å²) in [7, 11) is 0. The fourth-order valence-electron chi connectivity index (χ4n) is 4.43. The first-order chi connectivity index (χ1) is 17.9. The molecule has 4 rings (SSSR count). The molecule has 0 radical (unpaired) electrons. The van der Waals surface area contributed by atoms with E-state index >= 15 is 0 Å². The summed E-state index contributed by atoms with van der Waals surface area (Å²) in [5.74, 6) is 2.16. The number of fused-ring (bicyclic) bond motifs is 1. The van der Waals surface area contributed by atoms with Gasteiger partial charge in [0, 0.05) is 22.9 Å². The summed E-state index contributed by atoms with van der Waals surface area (Å²) in [6.45, 7) is 5.42. The van der Waals surface area contributed by atoms with E-state index in [0.29, 0.717) is 57.0 Å². The molecule has 1 atom stereocenters. The first-order valence-corrected chi connectivity index (χ1v) is 15.0. The summed E-state index contributed by atoms with van der Waals surface area (Å²) in [4.78, 5) is 14.0. The molecule has 37 heavy (non-hydrogen) atoms. The van der Waals surface area contributed by atoms with E-state index in [1.54, 1.807) is 29.5 Å². The van der Waals surface area contributed by atoms with E-state index in [2.05, 4.69) is 28.5 Å². The lowest BCUT2D eigenvalue weighted by atomic mass is 9.86. The minimum atomic E-state index is -0.146. The lowest BCUT2D eigenvalue weighted by Crippen LogP contribution is -2.15. The Bertz CT molecular complexity index is 1300. The van der Waals surface area contributed by atoms with Crippen molar-refractivity contribution in [3.8, 4) is 11.8 Å². The van der Waals surface area contributed by atoms with Crippen molar-refractivity contribution in [3.63, 3.8) is 0 Å². The number of hydrogen-bond acceptors (Lipinski definition) is 7. The number of hydrogen-bond donors (Lipinski definition) is 1. The Morgan fingerprint density at radius 2 is 2.19 bits per heavy atom. The molecule has 1 aliphatic rings. The van der Waals surface area contributed by atoms with Gasteiger partial charge in [-0.25, -0.2) is 0 Å². The number of nitrogens with one attached hydrogen (secondary N) is 1. The van der Waals surface area contributed by atoms with Crippen LogP contribution in [-0.4, -0.2) is 33.0 Å². The first-order valence-electron chi connectivity index (χ1n) is 12.4. The third-order valence-electron chi connectivity index (χ3n) is 6.45. The summed E-state index contributed by atoms with van der Waals surface area (Å²) in [6.07, 6.45) is 5.58. The van der Waals surface area contributed by atoms with Crippen molar-refractivity contribution in [2.75, 3.05) is 17.7 Å². The number of benzene rings is 1. The smallest absolute Gasteiger partial charge is 0.235 e. The number of amides is 1. The van der Waals surface area contributed by atoms with Crippen LogP contribution >= 0.6 is 46.3 Å². The van der Waals surface area contributed by atoms with Gasteiger partial charge in [-0.05, 0) is 62.3 Å². The van der Waals surface area contributed by atoms with Crippen molar-refractivity contribution < 1.29 is 9.53 Å². The molecule has 0 bridgehead atoms. The Kier molecular flexibility index (Phi) is 9.77. The summed E-state index contributed by atoms with van der Waals surface area (Å²) in [5, 5.41) is 23.7. The van der Waals surface area contributed by atoms with Crippen LogP contribution in [0.4, 0.5) is 5.00 Å². The summed E-state index contributed by atoms with van der Waals surface area (Å²) >= 11 is 15.0. The van der Waals surface area contributed by atoms with Gasteiger partial charge in [0.15, 0.2) is 5.16 Å². The van der Waals surface area contributed by atoms with E-state index in [4.69, 9.17) is 27.9 Å². The minimum absolute atomic E-state index is 0.146. The monoisotopic (exact) mass is 577 g/mol. The normalized spacial score (nSPS) is 14.7. The Hall–Kier alpha value is -2.25. The van der Waals surface area contributed by atoms with Crippen molar-refractivity contribution >= 4 is 57.2 Å². The maximum Gasteiger partial charge on any atom is 0.235 e. The lowest BCUT2D eigenvalue weighted by molar-refractivity contribution is -0.113. The number of aryl methyl sites for hydroxylation is 1. The Morgan fingerprint density at radius 1 is 1.35 bits per heavy atom. The maximum absolute atomic E-state index is 12.8. The first kappa shape index (κ1) is 27.8. The fourth-order valence-corrected chi connectivity index (χ4v) is 7.05. The number of carbonyl (C=O) groups excluding carboxylic acids is 1. The Balaban J connectivity index is 1.30. The summed E-state index contributed by atoms with van der Waals surface area (Å²) in [5.41, 5.74) is 1.76. The second-order valence-electron chi connectivity index (χ2n) is 8.84. The zero-order valence-electron chi connectivity index (χ0n) is 20.9. The van der Waals surface area contributed by atoms with Gasteiger partial charge in [-0.2, -0.15) is 5.26 Å². The molecule has 1 aliphatic carbocycles. The van der Waals surface area contributed by atoms with Crippen molar-refractivity contribution in [1.82, 2.24) is 14.8 Å². The zero-order valence-corrected chi connectivity index (χ0v) is 24.0. The number of carbonyl (C=O) groups is 1. The molecule has 1 aromatic carbocycles. The summed E-state index contributed by atoms with van der Waals surface area (Å²) < 4.78 is 7.78. The van der Waals surface area contributed by atoms with Gasteiger partial charge in [0.25, 0.3) is 0 Å². The second kappa shape index (κ2) is 13.0. The van der Waals surface area contributed by atoms with Gasteiger partial charge >= 0.3 is 0 Å². The molecule has 1 unspecified atom stereocenters. The molecule has 7 nitrogen and oxygen atoms in total. The standard InChI is InChI=1S/C26H29Cl2N5O2S2/c1-3-16-7-9-18-19(14-29)25(37-22(18)12-16)30-24(34)15-36-26-32-31-23(33(26)4-2)6-5-11-35-21-10-8-17(27)13-20(21)28/h8,10,13,16H,3-7,9,11-12,15H2,1-2H3,(H,30,34). The molecule has 0 fully saturated rings. The number of thioether (sulfide) groups is 1. The number of nitriles is 1. The van der Waals surface area contributed by atoms with E-state index in [9.17, 15) is 10.1 Å². The molecule has 1 amide bonds. The van der Waals surface area contributed by atoms with Crippen LogP contribution in [0.3, 0.4) is 0 Å². The molecule has 0 saturated heterocycles. The van der Waals surface area contributed by atoms with Crippen LogP contribution in [0, 0.1) is 17.2 Å². The molecule has 0 aliphatic heterocycles. The number of aromatic nitrogens is 3. The van der Waals surface area contributed by atoms with Crippen LogP contribution in [0.5, 0.6) is 5.75 Å². The average Bonchev–Trinajstić information content (AvgIpc) is 3.45. The molecule has 2 heterocycles. The van der Waals surface area contributed by atoms with Crippen LogP contribution in [0.1, 0.15) is 54.9 Å². The number of ether oxygens (including phenoxy) is 1. The van der Waals surface area contributed by atoms with Crippen molar-refractivity contribution in [2.45, 2.75) is 64.1 Å². The quantitative estimate of drug-likeness (QED) is 0.199. The predicted molar refractivity (Wildman–Crippen MR) is 150 cm³/mol. The molecular formula is C26H29Cl2N5O2S2. The van der Waals surface area contributed by atoms with Gasteiger partial charge in [0.1, 0.15) is 22.6 Å². The highest BCUT2D eigenvalue weighted by molar-refractivity contribution is 7.99. The Morgan fingerprint density at radius 3 is 2.92 bits per heavy atom. The van der Waals surface area contributed by atoms with Crippen LogP contribution < -0.4 is 10.1 Å². The highest BCUT2D eigenvalue weighted by Crippen LogP contribution is 2.40. The molecule has 11 heteroatoms. The van der Waals surface area contributed by atoms with Gasteiger partial charge in [-0.1, -0.05) is 48.3 Å². The van der Waals surface area contributed by atoms with Crippen LogP contribution in [0.25, 0.3) is 0 Å². The summed E-state index contributed by atoms with van der Waals surface area (Å²) in [6, 6.07) is 7.47. The number of nitrogens with zero attached hydrogens (tertiary/aromatic N) is 4. The van der Waals surface area contributed by atoms with Crippen LogP contribution in [-0.2, 0) is 30.6 Å². The van der Waals surface area contributed by atoms with Crippen LogP contribution in [0.15, 0.2) is 23.4 Å². The van der Waals surface area contributed by atoms with Crippen molar-refractivity contribution in [3.05, 3.63) is 50.1 Å². The molecule has 2 aromatic heterocycles. The Labute approximate surface area is 235 Å². The van der Waals surface area contributed by atoms with E-state index in [1.165, 1.54) is 16.6 Å².